The molecule has 18 heavy (non-hydrogen) atoms. The predicted molar refractivity (Wildman–Crippen MR) is 59.7 cm³/mol. The van der Waals surface area contributed by atoms with E-state index in [-0.39, 0.29) is 37.8 Å². The summed E-state index contributed by atoms with van der Waals surface area (Å²) in [5, 5.41) is 0. The van der Waals surface area contributed by atoms with Crippen molar-refractivity contribution in [2.75, 3.05) is 39.5 Å². The van der Waals surface area contributed by atoms with Crippen molar-refractivity contribution in [2.45, 2.75) is 12.8 Å². The molecule has 0 aromatic rings. The number of amides is 3. The lowest BCUT2D eigenvalue weighted by atomic mass is 10.2. The minimum absolute atomic E-state index is 0.0469. The van der Waals surface area contributed by atoms with Gasteiger partial charge in [0, 0.05) is 25.9 Å². The van der Waals surface area contributed by atoms with E-state index in [9.17, 15) is 14.4 Å². The molecule has 0 aromatic carbocycles. The highest BCUT2D eigenvalue weighted by atomic mass is 16.6. The fourth-order valence-corrected chi connectivity index (χ4v) is 1.94. The van der Waals surface area contributed by atoms with E-state index in [1.807, 2.05) is 0 Å². The Morgan fingerprint density at radius 2 is 1.67 bits per heavy atom. The fraction of sp³-hybridized carbons (Fsp3) is 0.727. The maximum absolute atomic E-state index is 11.8. The first kappa shape index (κ1) is 12.8. The molecule has 2 fully saturated rings. The Balaban J connectivity index is 1.75. The smallest absolute Gasteiger partial charge is 0.416 e. The zero-order valence-corrected chi connectivity index (χ0v) is 10.1. The van der Waals surface area contributed by atoms with Crippen molar-refractivity contribution in [1.82, 2.24) is 9.80 Å². The topological polar surface area (TPSA) is 76.2 Å². The molecular formula is C11H16N2O5. The highest BCUT2D eigenvalue weighted by molar-refractivity contribution is 5.94. The molecule has 2 aliphatic rings. The largest absolute Gasteiger partial charge is 0.447 e. The Kier molecular flexibility index (Phi) is 4.14. The summed E-state index contributed by atoms with van der Waals surface area (Å²) in [5.41, 5.74) is 0. The lowest BCUT2D eigenvalue weighted by molar-refractivity contribution is -0.138. The number of carbonyl (C=O) groups is 3. The summed E-state index contributed by atoms with van der Waals surface area (Å²) in [6, 6.07) is 0. The minimum Gasteiger partial charge on any atom is -0.447 e. The Hall–Kier alpha value is -1.63. The summed E-state index contributed by atoms with van der Waals surface area (Å²) >= 11 is 0. The Bertz CT molecular complexity index is 351. The van der Waals surface area contributed by atoms with Gasteiger partial charge in [0.05, 0.1) is 19.8 Å². The number of nitrogens with zero attached hydrogens (tertiary/aromatic N) is 2. The molecule has 0 unspecified atom stereocenters. The Morgan fingerprint density at radius 3 is 2.28 bits per heavy atom. The number of morpholine rings is 1. The first-order chi connectivity index (χ1) is 8.68. The maximum Gasteiger partial charge on any atom is 0.416 e. The standard InChI is InChI=1S/C11H16N2O5/c14-9(12-3-6-17-7-4-12)1-2-10(15)13-5-8-18-11(13)16/h1-8H2. The normalized spacial score (nSPS) is 19.9. The van der Waals surface area contributed by atoms with Crippen molar-refractivity contribution < 1.29 is 23.9 Å². The lowest BCUT2D eigenvalue weighted by Crippen LogP contribution is -2.41. The van der Waals surface area contributed by atoms with Gasteiger partial charge in [0.2, 0.25) is 11.8 Å². The van der Waals surface area contributed by atoms with Gasteiger partial charge in [0.25, 0.3) is 0 Å². The van der Waals surface area contributed by atoms with Crippen LogP contribution in [0.2, 0.25) is 0 Å². The van der Waals surface area contributed by atoms with Crippen LogP contribution in [-0.4, -0.2) is 67.2 Å². The maximum atomic E-state index is 11.8. The third-order valence-electron chi connectivity index (χ3n) is 2.98. The molecule has 0 radical (unpaired) electrons. The number of ether oxygens (including phenoxy) is 2. The molecule has 7 heteroatoms. The number of cyclic esters (lactones) is 1. The van der Waals surface area contributed by atoms with E-state index >= 15 is 0 Å². The van der Waals surface area contributed by atoms with Gasteiger partial charge in [-0.1, -0.05) is 0 Å². The van der Waals surface area contributed by atoms with Crippen molar-refractivity contribution >= 4 is 17.9 Å². The fourth-order valence-electron chi connectivity index (χ4n) is 1.94. The van der Waals surface area contributed by atoms with Crippen LogP contribution in [0.3, 0.4) is 0 Å². The molecule has 0 aliphatic carbocycles. The van der Waals surface area contributed by atoms with Crippen LogP contribution < -0.4 is 0 Å². The second-order valence-electron chi connectivity index (χ2n) is 4.15. The van der Waals surface area contributed by atoms with Gasteiger partial charge >= 0.3 is 6.09 Å². The summed E-state index contributed by atoms with van der Waals surface area (Å²) in [7, 11) is 0. The van der Waals surface area contributed by atoms with Crippen LogP contribution in [0.15, 0.2) is 0 Å². The zero-order chi connectivity index (χ0) is 13.0. The second-order valence-corrected chi connectivity index (χ2v) is 4.15. The zero-order valence-electron chi connectivity index (χ0n) is 10.1. The molecule has 2 rings (SSSR count). The van der Waals surface area contributed by atoms with E-state index in [4.69, 9.17) is 4.74 Å². The van der Waals surface area contributed by atoms with E-state index in [0.717, 1.165) is 4.90 Å². The third kappa shape index (κ3) is 2.98. The number of carbonyl (C=O) groups excluding carboxylic acids is 3. The van der Waals surface area contributed by atoms with Gasteiger partial charge in [-0.2, -0.15) is 0 Å². The molecule has 0 atom stereocenters. The number of rotatable bonds is 3. The van der Waals surface area contributed by atoms with Gasteiger partial charge in [0.1, 0.15) is 6.61 Å². The third-order valence-corrected chi connectivity index (χ3v) is 2.98. The summed E-state index contributed by atoms with van der Waals surface area (Å²) in [4.78, 5) is 37.3. The van der Waals surface area contributed by atoms with E-state index in [1.165, 1.54) is 0 Å². The van der Waals surface area contributed by atoms with Gasteiger partial charge in [-0.05, 0) is 0 Å². The molecule has 2 heterocycles. The molecule has 0 bridgehead atoms. The molecule has 0 spiro atoms. The quantitative estimate of drug-likeness (QED) is 0.687. The predicted octanol–water partition coefficient (Wildman–Crippen LogP) is -0.396. The van der Waals surface area contributed by atoms with Crippen LogP contribution in [0.5, 0.6) is 0 Å². The molecule has 0 N–H and O–H groups in total. The van der Waals surface area contributed by atoms with E-state index < -0.39 is 6.09 Å². The average molecular weight is 256 g/mol. The van der Waals surface area contributed by atoms with Crippen LogP contribution in [0, 0.1) is 0 Å². The van der Waals surface area contributed by atoms with Gasteiger partial charge in [-0.15, -0.1) is 0 Å². The first-order valence-corrected chi connectivity index (χ1v) is 6.01. The summed E-state index contributed by atoms with van der Waals surface area (Å²) in [6.45, 7) is 2.74. The van der Waals surface area contributed by atoms with Crippen LogP contribution >= 0.6 is 0 Å². The molecule has 2 aliphatic heterocycles. The van der Waals surface area contributed by atoms with Crippen molar-refractivity contribution in [3.05, 3.63) is 0 Å². The molecule has 2 saturated heterocycles. The van der Waals surface area contributed by atoms with Crippen molar-refractivity contribution in [3.63, 3.8) is 0 Å². The molecule has 0 aromatic heterocycles. The summed E-state index contributed by atoms with van der Waals surface area (Å²) < 4.78 is 9.80. The van der Waals surface area contributed by atoms with Crippen molar-refractivity contribution in [3.8, 4) is 0 Å². The van der Waals surface area contributed by atoms with E-state index in [2.05, 4.69) is 4.74 Å². The van der Waals surface area contributed by atoms with Crippen LogP contribution in [0.25, 0.3) is 0 Å². The van der Waals surface area contributed by atoms with Crippen molar-refractivity contribution in [1.29, 1.82) is 0 Å². The average Bonchev–Trinajstić information content (AvgIpc) is 2.83. The van der Waals surface area contributed by atoms with Gasteiger partial charge < -0.3 is 14.4 Å². The molecular weight excluding hydrogens is 240 g/mol. The SMILES string of the molecule is O=C(CCC(=O)N1CCOC1=O)N1CCOCC1. The van der Waals surface area contributed by atoms with Crippen LogP contribution in [-0.2, 0) is 19.1 Å². The molecule has 0 saturated carbocycles. The van der Waals surface area contributed by atoms with Gasteiger partial charge in [-0.3, -0.25) is 9.59 Å². The van der Waals surface area contributed by atoms with Gasteiger partial charge in [-0.25, -0.2) is 9.69 Å². The number of imide groups is 1. The van der Waals surface area contributed by atoms with Gasteiger partial charge in [0.15, 0.2) is 0 Å². The number of hydrogen-bond donors (Lipinski definition) is 0. The van der Waals surface area contributed by atoms with Crippen LogP contribution in [0.4, 0.5) is 4.79 Å². The Labute approximate surface area is 105 Å². The van der Waals surface area contributed by atoms with Crippen molar-refractivity contribution in [2.24, 2.45) is 0 Å². The number of hydrogen-bond acceptors (Lipinski definition) is 5. The summed E-state index contributed by atoms with van der Waals surface area (Å²) in [6.07, 6.45) is -0.438. The van der Waals surface area contributed by atoms with E-state index in [0.29, 0.717) is 26.3 Å². The minimum atomic E-state index is -0.612. The molecule has 7 nitrogen and oxygen atoms in total. The monoisotopic (exact) mass is 256 g/mol. The highest BCUT2D eigenvalue weighted by Crippen LogP contribution is 2.08. The highest BCUT2D eigenvalue weighted by Gasteiger charge is 2.28. The first-order valence-electron chi connectivity index (χ1n) is 6.01. The molecule has 3 amide bonds. The lowest BCUT2D eigenvalue weighted by Gasteiger charge is -2.26. The van der Waals surface area contributed by atoms with E-state index in [1.54, 1.807) is 4.90 Å². The second kappa shape index (κ2) is 5.81. The summed E-state index contributed by atoms with van der Waals surface area (Å²) in [5.74, 6) is -0.418. The molecule has 100 valence electrons. The Morgan fingerprint density at radius 1 is 1.00 bits per heavy atom. The van der Waals surface area contributed by atoms with Crippen LogP contribution in [0.1, 0.15) is 12.8 Å².